The minimum Gasteiger partial charge on any atom is -0.480 e. The van der Waals surface area contributed by atoms with Crippen molar-refractivity contribution in [3.63, 3.8) is 0 Å². The number of rotatable bonds is 5. The van der Waals surface area contributed by atoms with Crippen molar-refractivity contribution in [3.8, 4) is 0 Å². The Hall–Kier alpha value is -1.40. The van der Waals surface area contributed by atoms with Crippen molar-refractivity contribution in [2.45, 2.75) is 6.92 Å². The molecule has 0 aliphatic heterocycles. The van der Waals surface area contributed by atoms with Crippen molar-refractivity contribution in [2.75, 3.05) is 11.0 Å². The number of benzene rings is 2. The lowest BCUT2D eigenvalue weighted by Crippen LogP contribution is -2.07. The zero-order valence-electron chi connectivity index (χ0n) is 12.1. The van der Waals surface area contributed by atoms with Crippen LogP contribution in [0.1, 0.15) is 22.8 Å². The molecule has 0 aliphatic carbocycles. The molecule has 0 bridgehead atoms. The molecule has 0 aliphatic rings. The van der Waals surface area contributed by atoms with Gasteiger partial charge in [-0.05, 0) is 25.1 Å². The highest BCUT2D eigenvalue weighted by Gasteiger charge is 2.14. The second kappa shape index (κ2) is 8.29. The Bertz CT molecular complexity index is 686. The van der Waals surface area contributed by atoms with E-state index < -0.39 is 0 Å². The van der Waals surface area contributed by atoms with Crippen molar-refractivity contribution >= 4 is 51.6 Å². The van der Waals surface area contributed by atoms with Crippen LogP contribution in [0.4, 0.5) is 5.69 Å². The maximum atomic E-state index is 12.7. The Morgan fingerprint density at radius 2 is 1.95 bits per heavy atom. The van der Waals surface area contributed by atoms with Gasteiger partial charge in [0, 0.05) is 16.1 Å². The minimum absolute atomic E-state index is 0.105. The molecular weight excluding hydrogens is 413 g/mol. The first-order valence-electron chi connectivity index (χ1n) is 6.81. The third-order valence-electron chi connectivity index (χ3n) is 2.91. The van der Waals surface area contributed by atoms with E-state index in [1.54, 1.807) is 30.3 Å². The third-order valence-corrected chi connectivity index (χ3v) is 3.80. The third kappa shape index (κ3) is 4.30. The number of carbonyl (C=O) groups is 1. The molecule has 0 atom stereocenters. The zero-order chi connectivity index (χ0) is 15.9. The van der Waals surface area contributed by atoms with Gasteiger partial charge in [0.25, 0.3) is 0 Å². The van der Waals surface area contributed by atoms with E-state index in [1.165, 1.54) is 0 Å². The first-order chi connectivity index (χ1) is 10.7. The van der Waals surface area contributed by atoms with Gasteiger partial charge in [0.15, 0.2) is 11.7 Å². The summed E-state index contributed by atoms with van der Waals surface area (Å²) in [4.78, 5) is 17.1. The highest BCUT2D eigenvalue weighted by Crippen LogP contribution is 2.26. The summed E-state index contributed by atoms with van der Waals surface area (Å²) in [5.74, 6) is 0.485. The number of nitrogens with zero attached hydrogens (tertiary/aromatic N) is 1. The number of hydrogen-bond donors (Lipinski definition) is 0. The Balaban J connectivity index is 2.46. The molecule has 0 N–H and O–H groups in total. The maximum absolute atomic E-state index is 12.7. The number of carbonyl (C=O) groups excluding carboxylic acids is 1. The molecule has 0 unspecified atom stereocenters. The van der Waals surface area contributed by atoms with Crippen LogP contribution in [0.25, 0.3) is 0 Å². The predicted molar refractivity (Wildman–Crippen MR) is 98.9 cm³/mol. The minimum atomic E-state index is -0.105. The molecule has 0 heterocycles. The predicted octanol–water partition coefficient (Wildman–Crippen LogP) is 5.07. The Kier molecular flexibility index (Phi) is 6.39. The SMILES string of the molecule is CCOC(CI)=Nc1ccc(Cl)cc1C(=O)c1ccccc1. The second-order valence-electron chi connectivity index (χ2n) is 4.43. The van der Waals surface area contributed by atoms with Gasteiger partial charge in [0.2, 0.25) is 0 Å². The lowest BCUT2D eigenvalue weighted by atomic mass is 10.0. The molecule has 114 valence electrons. The smallest absolute Gasteiger partial charge is 0.198 e. The van der Waals surface area contributed by atoms with Gasteiger partial charge in [-0.3, -0.25) is 4.79 Å². The molecule has 22 heavy (non-hydrogen) atoms. The quantitative estimate of drug-likeness (QED) is 0.220. The molecule has 0 amide bonds. The largest absolute Gasteiger partial charge is 0.480 e. The standard InChI is InChI=1S/C17H15ClINO2/c1-2-22-16(11-19)20-15-9-8-13(18)10-14(15)17(21)12-6-4-3-5-7-12/h3-10H,2,11H2,1H3. The van der Waals surface area contributed by atoms with Crippen molar-refractivity contribution in [1.82, 2.24) is 0 Å². The summed E-state index contributed by atoms with van der Waals surface area (Å²) in [6.45, 7) is 2.44. The highest BCUT2D eigenvalue weighted by molar-refractivity contribution is 14.1. The van der Waals surface area contributed by atoms with Crippen LogP contribution in [0, 0.1) is 0 Å². The number of ketones is 1. The van der Waals surface area contributed by atoms with Gasteiger partial charge < -0.3 is 4.74 Å². The molecule has 0 fully saturated rings. The Labute approximate surface area is 148 Å². The fourth-order valence-corrected chi connectivity index (χ4v) is 2.50. The van der Waals surface area contributed by atoms with Gasteiger partial charge in [-0.25, -0.2) is 4.99 Å². The molecule has 0 aromatic heterocycles. The van der Waals surface area contributed by atoms with E-state index >= 15 is 0 Å². The summed E-state index contributed by atoms with van der Waals surface area (Å²) >= 11 is 8.23. The Morgan fingerprint density at radius 1 is 1.23 bits per heavy atom. The monoisotopic (exact) mass is 427 g/mol. The van der Waals surface area contributed by atoms with E-state index in [0.29, 0.717) is 38.8 Å². The average molecular weight is 428 g/mol. The van der Waals surface area contributed by atoms with Crippen molar-refractivity contribution in [3.05, 3.63) is 64.7 Å². The van der Waals surface area contributed by atoms with Crippen LogP contribution >= 0.6 is 34.2 Å². The molecular formula is C17H15ClINO2. The van der Waals surface area contributed by atoms with E-state index in [0.717, 1.165) is 0 Å². The summed E-state index contributed by atoms with van der Waals surface area (Å²) in [6.07, 6.45) is 0. The van der Waals surface area contributed by atoms with Gasteiger partial charge in [-0.2, -0.15) is 0 Å². The van der Waals surface area contributed by atoms with Crippen LogP contribution in [0.5, 0.6) is 0 Å². The number of ether oxygens (including phenoxy) is 1. The van der Waals surface area contributed by atoms with Crippen LogP contribution in [-0.4, -0.2) is 22.7 Å². The molecule has 2 aromatic rings. The number of aliphatic imine (C=N–C) groups is 1. The van der Waals surface area contributed by atoms with Crippen LogP contribution in [0.15, 0.2) is 53.5 Å². The van der Waals surface area contributed by atoms with Crippen LogP contribution in [0.3, 0.4) is 0 Å². The van der Waals surface area contributed by atoms with Gasteiger partial charge >= 0.3 is 0 Å². The molecule has 0 spiro atoms. The molecule has 2 aromatic carbocycles. The molecule has 0 radical (unpaired) electrons. The van der Waals surface area contributed by atoms with Gasteiger partial charge in [-0.15, -0.1) is 0 Å². The number of hydrogen-bond acceptors (Lipinski definition) is 3. The molecule has 5 heteroatoms. The average Bonchev–Trinajstić information content (AvgIpc) is 2.56. The first-order valence-corrected chi connectivity index (χ1v) is 8.71. The lowest BCUT2D eigenvalue weighted by Gasteiger charge is -2.08. The second-order valence-corrected chi connectivity index (χ2v) is 5.63. The van der Waals surface area contributed by atoms with E-state index in [1.807, 2.05) is 25.1 Å². The van der Waals surface area contributed by atoms with Crippen LogP contribution in [0.2, 0.25) is 5.02 Å². The fraction of sp³-hybridized carbons (Fsp3) is 0.176. The highest BCUT2D eigenvalue weighted by atomic mass is 127. The first kappa shape index (κ1) is 17.0. The fourth-order valence-electron chi connectivity index (χ4n) is 1.93. The number of halogens is 2. The van der Waals surface area contributed by atoms with Crippen LogP contribution < -0.4 is 0 Å². The van der Waals surface area contributed by atoms with Crippen LogP contribution in [-0.2, 0) is 4.74 Å². The zero-order valence-corrected chi connectivity index (χ0v) is 15.0. The van der Waals surface area contributed by atoms with Gasteiger partial charge in [0.1, 0.15) is 0 Å². The van der Waals surface area contributed by atoms with E-state index in [2.05, 4.69) is 27.6 Å². The summed E-state index contributed by atoms with van der Waals surface area (Å²) in [7, 11) is 0. The molecule has 0 saturated carbocycles. The topological polar surface area (TPSA) is 38.7 Å². The Morgan fingerprint density at radius 3 is 2.59 bits per heavy atom. The summed E-state index contributed by atoms with van der Waals surface area (Å²) in [6, 6.07) is 14.2. The van der Waals surface area contributed by atoms with Gasteiger partial charge in [0.05, 0.1) is 16.7 Å². The van der Waals surface area contributed by atoms with E-state index in [4.69, 9.17) is 16.3 Å². The molecule has 0 saturated heterocycles. The van der Waals surface area contributed by atoms with Crippen molar-refractivity contribution in [1.29, 1.82) is 0 Å². The lowest BCUT2D eigenvalue weighted by molar-refractivity contribution is 0.103. The normalized spacial score (nSPS) is 11.3. The number of alkyl halides is 1. The van der Waals surface area contributed by atoms with E-state index in [9.17, 15) is 4.79 Å². The van der Waals surface area contributed by atoms with Crippen molar-refractivity contribution in [2.24, 2.45) is 4.99 Å². The molecule has 3 nitrogen and oxygen atoms in total. The van der Waals surface area contributed by atoms with E-state index in [-0.39, 0.29) is 5.78 Å². The summed E-state index contributed by atoms with van der Waals surface area (Å²) < 4.78 is 6.10. The molecule has 2 rings (SSSR count). The summed E-state index contributed by atoms with van der Waals surface area (Å²) in [5.41, 5.74) is 1.65. The maximum Gasteiger partial charge on any atom is 0.198 e. The van der Waals surface area contributed by atoms with Crippen molar-refractivity contribution < 1.29 is 9.53 Å². The van der Waals surface area contributed by atoms with Gasteiger partial charge in [-0.1, -0.05) is 64.5 Å². The summed E-state index contributed by atoms with van der Waals surface area (Å²) in [5, 5.41) is 0.505.